The van der Waals surface area contributed by atoms with Crippen molar-refractivity contribution in [1.82, 2.24) is 9.97 Å². The fourth-order valence-electron chi connectivity index (χ4n) is 1.46. The zero-order chi connectivity index (χ0) is 15.8. The Hall–Kier alpha value is -0.990. The van der Waals surface area contributed by atoms with Gasteiger partial charge in [-0.25, -0.2) is 18.4 Å². The summed E-state index contributed by atoms with van der Waals surface area (Å²) in [6.07, 6.45) is 1.05. The molecule has 0 atom stereocenters. The van der Waals surface area contributed by atoms with Crippen molar-refractivity contribution in [1.29, 1.82) is 0 Å². The summed E-state index contributed by atoms with van der Waals surface area (Å²) in [7, 11) is -4.13. The van der Waals surface area contributed by atoms with Crippen LogP contribution in [0.25, 0.3) is 0 Å². The molecule has 0 unspecified atom stereocenters. The minimum Gasteiger partial charge on any atom is -0.398 e. The summed E-state index contributed by atoms with van der Waals surface area (Å²) in [5.74, 6) is -0.193. The second kappa shape index (κ2) is 6.02. The predicted octanol–water partition coefficient (Wildman–Crippen LogP) is 3.47. The maximum atomic E-state index is 12.3. The first-order valence-corrected chi connectivity index (χ1v) is 8.15. The maximum absolute atomic E-state index is 12.3. The lowest BCUT2D eigenvalue weighted by molar-refractivity contribution is 0.601. The molecule has 112 valence electrons. The highest BCUT2D eigenvalue weighted by Gasteiger charge is 2.24. The second-order valence-electron chi connectivity index (χ2n) is 3.74. The van der Waals surface area contributed by atoms with Crippen molar-refractivity contribution < 1.29 is 8.42 Å². The third-order valence-corrected chi connectivity index (χ3v) is 5.11. The van der Waals surface area contributed by atoms with Crippen LogP contribution in [0.5, 0.6) is 0 Å². The quantitative estimate of drug-likeness (QED) is 0.620. The van der Waals surface area contributed by atoms with E-state index in [1.807, 2.05) is 0 Å². The Labute approximate surface area is 140 Å². The number of rotatable bonds is 3. The number of nitrogens with zero attached hydrogens (tertiary/aromatic N) is 2. The van der Waals surface area contributed by atoms with Gasteiger partial charge in [-0.1, -0.05) is 46.4 Å². The number of benzene rings is 1. The van der Waals surface area contributed by atoms with Gasteiger partial charge in [-0.3, -0.25) is 4.72 Å². The van der Waals surface area contributed by atoms with E-state index in [4.69, 9.17) is 52.1 Å². The molecule has 0 aliphatic carbocycles. The van der Waals surface area contributed by atoms with Crippen LogP contribution in [0.15, 0.2) is 23.4 Å². The van der Waals surface area contributed by atoms with Gasteiger partial charge in [0.2, 0.25) is 0 Å². The number of sulfonamides is 1. The van der Waals surface area contributed by atoms with Crippen molar-refractivity contribution >= 4 is 67.9 Å². The Morgan fingerprint density at radius 1 is 1.10 bits per heavy atom. The predicted molar refractivity (Wildman–Crippen MR) is 83.7 cm³/mol. The Kier molecular flexibility index (Phi) is 4.69. The third kappa shape index (κ3) is 3.44. The summed E-state index contributed by atoms with van der Waals surface area (Å²) in [5, 5.41) is -0.172. The summed E-state index contributed by atoms with van der Waals surface area (Å²) in [6, 6.07) is 2.51. The Bertz CT molecular complexity index is 790. The number of anilines is 2. The van der Waals surface area contributed by atoms with E-state index in [9.17, 15) is 8.42 Å². The molecular formula is C10H6Cl4N4O2S. The van der Waals surface area contributed by atoms with Crippen molar-refractivity contribution in [2.75, 3.05) is 10.5 Å². The van der Waals surface area contributed by atoms with Gasteiger partial charge in [0.05, 0.1) is 10.7 Å². The molecule has 1 aromatic carbocycles. The molecule has 0 saturated carbocycles. The number of nitrogens with two attached hydrogens (primary N) is 1. The molecule has 0 bridgehead atoms. The van der Waals surface area contributed by atoms with Crippen LogP contribution in [0.1, 0.15) is 0 Å². The molecule has 2 rings (SSSR count). The van der Waals surface area contributed by atoms with Crippen molar-refractivity contribution in [3.63, 3.8) is 0 Å². The molecule has 1 aromatic heterocycles. The molecule has 1 heterocycles. The molecule has 21 heavy (non-hydrogen) atoms. The van der Waals surface area contributed by atoms with E-state index in [1.165, 1.54) is 12.1 Å². The fourth-order valence-corrected chi connectivity index (χ4v) is 3.81. The van der Waals surface area contributed by atoms with Crippen LogP contribution >= 0.6 is 46.4 Å². The van der Waals surface area contributed by atoms with Crippen LogP contribution in [-0.2, 0) is 10.0 Å². The third-order valence-electron chi connectivity index (χ3n) is 2.28. The standard InChI is InChI=1S/C10H6Cl4N4O2S/c11-4-1-5(12)8(6(15)2-4)21(19,20)18-10-7(13)9(14)16-3-17-10/h1-3H,15H2,(H,16,17,18). The lowest BCUT2D eigenvalue weighted by Gasteiger charge is -2.12. The summed E-state index contributed by atoms with van der Waals surface area (Å²) in [5.41, 5.74) is 5.54. The molecule has 0 fully saturated rings. The lowest BCUT2D eigenvalue weighted by Crippen LogP contribution is -2.16. The first-order valence-electron chi connectivity index (χ1n) is 5.15. The average Bonchev–Trinajstić information content (AvgIpc) is 2.33. The number of aromatic nitrogens is 2. The SMILES string of the molecule is Nc1cc(Cl)cc(Cl)c1S(=O)(=O)Nc1ncnc(Cl)c1Cl. The first-order chi connectivity index (χ1) is 9.72. The van der Waals surface area contributed by atoms with Crippen LogP contribution in [0.2, 0.25) is 20.2 Å². The molecule has 3 N–H and O–H groups in total. The van der Waals surface area contributed by atoms with Gasteiger partial charge >= 0.3 is 0 Å². The largest absolute Gasteiger partial charge is 0.398 e. The highest BCUT2D eigenvalue weighted by molar-refractivity contribution is 7.93. The van der Waals surface area contributed by atoms with Crippen molar-refractivity contribution in [3.8, 4) is 0 Å². The summed E-state index contributed by atoms with van der Waals surface area (Å²) >= 11 is 23.1. The van der Waals surface area contributed by atoms with Gasteiger partial charge in [-0.05, 0) is 12.1 Å². The first kappa shape index (κ1) is 16.4. The summed E-state index contributed by atoms with van der Waals surface area (Å²) in [6.45, 7) is 0. The maximum Gasteiger partial charge on any atom is 0.266 e. The number of hydrogen-bond acceptors (Lipinski definition) is 5. The molecule has 2 aromatic rings. The van der Waals surface area contributed by atoms with E-state index < -0.39 is 10.0 Å². The van der Waals surface area contributed by atoms with Gasteiger partial charge in [0.1, 0.15) is 16.2 Å². The molecular weight excluding hydrogens is 382 g/mol. The van der Waals surface area contributed by atoms with Gasteiger partial charge in [0.25, 0.3) is 10.0 Å². The highest BCUT2D eigenvalue weighted by atomic mass is 35.5. The Balaban J connectivity index is 2.51. The van der Waals surface area contributed by atoms with Gasteiger partial charge in [-0.2, -0.15) is 0 Å². The van der Waals surface area contributed by atoms with Gasteiger partial charge < -0.3 is 5.73 Å². The van der Waals surface area contributed by atoms with E-state index >= 15 is 0 Å². The topological polar surface area (TPSA) is 98.0 Å². The minimum absolute atomic E-state index is 0.0976. The number of nitrogen functional groups attached to an aromatic ring is 1. The molecule has 6 nitrogen and oxygen atoms in total. The average molecular weight is 388 g/mol. The van der Waals surface area contributed by atoms with Gasteiger partial charge in [0.15, 0.2) is 11.0 Å². The van der Waals surface area contributed by atoms with Crippen molar-refractivity contribution in [3.05, 3.63) is 38.7 Å². The van der Waals surface area contributed by atoms with E-state index in [0.29, 0.717) is 0 Å². The summed E-state index contributed by atoms with van der Waals surface area (Å²) in [4.78, 5) is 6.97. The molecule has 0 spiro atoms. The smallest absolute Gasteiger partial charge is 0.266 e. The molecule has 11 heteroatoms. The van der Waals surface area contributed by atoms with Crippen LogP contribution in [0, 0.1) is 0 Å². The van der Waals surface area contributed by atoms with Crippen LogP contribution < -0.4 is 10.5 Å². The van der Waals surface area contributed by atoms with E-state index in [1.54, 1.807) is 0 Å². The zero-order valence-electron chi connectivity index (χ0n) is 9.94. The van der Waals surface area contributed by atoms with Crippen LogP contribution in [-0.4, -0.2) is 18.4 Å². The number of halogens is 4. The zero-order valence-corrected chi connectivity index (χ0v) is 13.8. The molecule has 0 aliphatic rings. The van der Waals surface area contributed by atoms with E-state index in [2.05, 4.69) is 14.7 Å². The van der Waals surface area contributed by atoms with E-state index in [0.717, 1.165) is 6.33 Å². The summed E-state index contributed by atoms with van der Waals surface area (Å²) < 4.78 is 26.8. The van der Waals surface area contributed by atoms with Gasteiger partial charge in [0, 0.05) is 5.02 Å². The second-order valence-corrected chi connectivity index (χ2v) is 6.94. The molecule has 0 saturated heterocycles. The highest BCUT2D eigenvalue weighted by Crippen LogP contribution is 2.33. The van der Waals surface area contributed by atoms with Crippen molar-refractivity contribution in [2.45, 2.75) is 4.90 Å². The normalized spacial score (nSPS) is 11.4. The van der Waals surface area contributed by atoms with Crippen LogP contribution in [0.4, 0.5) is 11.5 Å². The van der Waals surface area contributed by atoms with Gasteiger partial charge in [-0.15, -0.1) is 0 Å². The monoisotopic (exact) mass is 386 g/mol. The van der Waals surface area contributed by atoms with Crippen LogP contribution in [0.3, 0.4) is 0 Å². The number of hydrogen-bond donors (Lipinski definition) is 2. The molecule has 0 amide bonds. The lowest BCUT2D eigenvalue weighted by atomic mass is 10.3. The fraction of sp³-hybridized carbons (Fsp3) is 0. The molecule has 0 radical (unpaired) electrons. The molecule has 0 aliphatic heterocycles. The van der Waals surface area contributed by atoms with E-state index in [-0.39, 0.29) is 36.6 Å². The Morgan fingerprint density at radius 3 is 2.38 bits per heavy atom. The minimum atomic E-state index is -4.13. The van der Waals surface area contributed by atoms with Crippen molar-refractivity contribution in [2.24, 2.45) is 0 Å². The Morgan fingerprint density at radius 2 is 1.76 bits per heavy atom. The number of nitrogens with one attached hydrogen (secondary N) is 1.